The van der Waals surface area contributed by atoms with Crippen LogP contribution in [0.3, 0.4) is 0 Å². The van der Waals surface area contributed by atoms with Gasteiger partial charge in [0, 0.05) is 0 Å². The Morgan fingerprint density at radius 3 is 2.31 bits per heavy atom. The molecule has 1 aliphatic rings. The van der Waals surface area contributed by atoms with Gasteiger partial charge in [-0.3, -0.25) is 4.79 Å². The van der Waals surface area contributed by atoms with Crippen molar-refractivity contribution in [2.24, 2.45) is 11.3 Å². The van der Waals surface area contributed by atoms with E-state index in [-0.39, 0.29) is 17.4 Å². The summed E-state index contributed by atoms with van der Waals surface area (Å²) in [5.74, 6) is -1.01. The van der Waals surface area contributed by atoms with Gasteiger partial charge in [0.15, 0.2) is 9.84 Å². The SMILES string of the molecule is CC(C)(C(=O)O)C1CCS(=O)(=O)C1. The number of sulfone groups is 1. The number of aliphatic carboxylic acids is 1. The summed E-state index contributed by atoms with van der Waals surface area (Å²) in [4.78, 5) is 10.8. The number of rotatable bonds is 2. The Morgan fingerprint density at radius 2 is 2.00 bits per heavy atom. The number of carbonyl (C=O) groups is 1. The van der Waals surface area contributed by atoms with E-state index in [0.717, 1.165) is 0 Å². The first-order valence-corrected chi connectivity index (χ1v) is 6.01. The van der Waals surface area contributed by atoms with Gasteiger partial charge in [0.25, 0.3) is 0 Å². The van der Waals surface area contributed by atoms with Crippen molar-refractivity contribution in [3.8, 4) is 0 Å². The summed E-state index contributed by atoms with van der Waals surface area (Å²) in [5, 5.41) is 8.88. The van der Waals surface area contributed by atoms with Crippen LogP contribution in [0.15, 0.2) is 0 Å². The van der Waals surface area contributed by atoms with Crippen LogP contribution >= 0.6 is 0 Å². The first-order chi connectivity index (χ1) is 5.76. The zero-order valence-electron chi connectivity index (χ0n) is 7.78. The van der Waals surface area contributed by atoms with Gasteiger partial charge in [-0.05, 0) is 26.2 Å². The standard InChI is InChI=1S/C8H14O4S/c1-8(2,7(9)10)6-3-4-13(11,12)5-6/h6H,3-5H2,1-2H3,(H,9,10). The van der Waals surface area contributed by atoms with E-state index in [1.165, 1.54) is 0 Å². The van der Waals surface area contributed by atoms with Crippen LogP contribution in [0.25, 0.3) is 0 Å². The molecule has 76 valence electrons. The van der Waals surface area contributed by atoms with Crippen LogP contribution in [0.4, 0.5) is 0 Å². The van der Waals surface area contributed by atoms with E-state index in [9.17, 15) is 13.2 Å². The molecule has 1 N–H and O–H groups in total. The van der Waals surface area contributed by atoms with Crippen LogP contribution in [-0.2, 0) is 14.6 Å². The highest BCUT2D eigenvalue weighted by molar-refractivity contribution is 7.91. The Morgan fingerprint density at radius 1 is 1.46 bits per heavy atom. The lowest BCUT2D eigenvalue weighted by molar-refractivity contribution is -0.149. The molecule has 0 saturated carbocycles. The van der Waals surface area contributed by atoms with Crippen molar-refractivity contribution < 1.29 is 18.3 Å². The number of carboxylic acids is 1. The van der Waals surface area contributed by atoms with E-state index in [1.54, 1.807) is 13.8 Å². The Balaban J connectivity index is 2.82. The number of hydrogen-bond donors (Lipinski definition) is 1. The molecular weight excluding hydrogens is 192 g/mol. The van der Waals surface area contributed by atoms with Crippen LogP contribution in [0.1, 0.15) is 20.3 Å². The zero-order valence-corrected chi connectivity index (χ0v) is 8.60. The van der Waals surface area contributed by atoms with Gasteiger partial charge < -0.3 is 5.11 Å². The van der Waals surface area contributed by atoms with E-state index in [2.05, 4.69) is 0 Å². The van der Waals surface area contributed by atoms with Crippen LogP contribution < -0.4 is 0 Å². The molecule has 0 radical (unpaired) electrons. The van der Waals surface area contributed by atoms with Crippen molar-refractivity contribution in [2.75, 3.05) is 11.5 Å². The third-order valence-electron chi connectivity index (χ3n) is 2.80. The number of hydrogen-bond acceptors (Lipinski definition) is 3. The summed E-state index contributed by atoms with van der Waals surface area (Å²) in [6.07, 6.45) is 0.474. The van der Waals surface area contributed by atoms with Crippen molar-refractivity contribution in [1.82, 2.24) is 0 Å². The lowest BCUT2D eigenvalue weighted by Crippen LogP contribution is -2.33. The second-order valence-corrected chi connectivity index (χ2v) is 6.36. The minimum atomic E-state index is -2.98. The average molecular weight is 206 g/mol. The molecule has 1 atom stereocenters. The maximum absolute atomic E-state index is 11.1. The Labute approximate surface area is 77.9 Å². The molecule has 0 aromatic heterocycles. The topological polar surface area (TPSA) is 71.4 Å². The molecule has 4 nitrogen and oxygen atoms in total. The molecule has 0 amide bonds. The second kappa shape index (κ2) is 2.97. The Kier molecular flexibility index (Phi) is 2.40. The minimum Gasteiger partial charge on any atom is -0.481 e. The van der Waals surface area contributed by atoms with Crippen LogP contribution in [-0.4, -0.2) is 31.0 Å². The molecule has 1 fully saturated rings. The fraction of sp³-hybridized carbons (Fsp3) is 0.875. The maximum Gasteiger partial charge on any atom is 0.309 e. The van der Waals surface area contributed by atoms with Crippen molar-refractivity contribution in [2.45, 2.75) is 20.3 Å². The fourth-order valence-electron chi connectivity index (χ4n) is 1.54. The van der Waals surface area contributed by atoms with E-state index >= 15 is 0 Å². The lowest BCUT2D eigenvalue weighted by atomic mass is 9.79. The molecule has 5 heteroatoms. The molecule has 1 unspecified atom stereocenters. The van der Waals surface area contributed by atoms with E-state index in [4.69, 9.17) is 5.11 Å². The summed E-state index contributed by atoms with van der Waals surface area (Å²) in [7, 11) is -2.98. The molecular formula is C8H14O4S. The van der Waals surface area contributed by atoms with Crippen molar-refractivity contribution in [3.05, 3.63) is 0 Å². The predicted molar refractivity (Wildman–Crippen MR) is 48.2 cm³/mol. The van der Waals surface area contributed by atoms with Gasteiger partial charge in [-0.1, -0.05) is 0 Å². The summed E-state index contributed by atoms with van der Waals surface area (Å²) in [5.41, 5.74) is -0.927. The summed E-state index contributed by atoms with van der Waals surface area (Å²) in [6, 6.07) is 0. The van der Waals surface area contributed by atoms with Crippen molar-refractivity contribution in [1.29, 1.82) is 0 Å². The van der Waals surface area contributed by atoms with E-state index in [0.29, 0.717) is 6.42 Å². The first kappa shape index (κ1) is 10.5. The summed E-state index contributed by atoms with van der Waals surface area (Å²) >= 11 is 0. The third-order valence-corrected chi connectivity index (χ3v) is 4.57. The second-order valence-electron chi connectivity index (χ2n) is 4.13. The summed E-state index contributed by atoms with van der Waals surface area (Å²) < 4.78 is 22.2. The van der Waals surface area contributed by atoms with Gasteiger partial charge in [-0.25, -0.2) is 8.42 Å². The highest BCUT2D eigenvalue weighted by Gasteiger charge is 2.43. The van der Waals surface area contributed by atoms with E-state index < -0.39 is 21.2 Å². The van der Waals surface area contributed by atoms with Crippen LogP contribution in [0, 0.1) is 11.3 Å². The highest BCUT2D eigenvalue weighted by Crippen LogP contribution is 2.35. The van der Waals surface area contributed by atoms with Crippen LogP contribution in [0.5, 0.6) is 0 Å². The first-order valence-electron chi connectivity index (χ1n) is 4.19. The largest absolute Gasteiger partial charge is 0.481 e. The lowest BCUT2D eigenvalue weighted by Gasteiger charge is -2.25. The molecule has 1 saturated heterocycles. The Bertz CT molecular complexity index is 315. The van der Waals surface area contributed by atoms with Gasteiger partial charge in [0.05, 0.1) is 16.9 Å². The van der Waals surface area contributed by atoms with Gasteiger partial charge in [-0.15, -0.1) is 0 Å². The van der Waals surface area contributed by atoms with Crippen molar-refractivity contribution >= 4 is 15.8 Å². The van der Waals surface area contributed by atoms with Gasteiger partial charge in [0.2, 0.25) is 0 Å². The normalized spacial score (nSPS) is 27.4. The third kappa shape index (κ3) is 2.02. The molecule has 1 heterocycles. The molecule has 0 aromatic carbocycles. The maximum atomic E-state index is 11.1. The van der Waals surface area contributed by atoms with Gasteiger partial charge >= 0.3 is 5.97 Å². The van der Waals surface area contributed by atoms with Crippen LogP contribution in [0.2, 0.25) is 0 Å². The van der Waals surface area contributed by atoms with Gasteiger partial charge in [0.1, 0.15) is 0 Å². The van der Waals surface area contributed by atoms with Gasteiger partial charge in [-0.2, -0.15) is 0 Å². The Hall–Kier alpha value is -0.580. The smallest absolute Gasteiger partial charge is 0.309 e. The quantitative estimate of drug-likeness (QED) is 0.715. The fourth-order valence-corrected chi connectivity index (χ4v) is 3.55. The van der Waals surface area contributed by atoms with Crippen molar-refractivity contribution in [3.63, 3.8) is 0 Å². The number of carboxylic acid groups (broad SMARTS) is 1. The summed E-state index contributed by atoms with van der Waals surface area (Å²) in [6.45, 7) is 3.17. The zero-order chi connectivity index (χ0) is 10.3. The predicted octanol–water partition coefficient (Wildman–Crippen LogP) is 0.532. The highest BCUT2D eigenvalue weighted by atomic mass is 32.2. The molecule has 0 spiro atoms. The molecule has 1 aliphatic heterocycles. The molecule has 13 heavy (non-hydrogen) atoms. The molecule has 0 bridgehead atoms. The average Bonchev–Trinajstić information content (AvgIpc) is 2.30. The minimum absolute atomic E-state index is 0.0201. The van der Waals surface area contributed by atoms with E-state index in [1.807, 2.05) is 0 Å². The molecule has 0 aromatic rings. The monoisotopic (exact) mass is 206 g/mol. The molecule has 0 aliphatic carbocycles. The molecule has 1 rings (SSSR count).